The minimum atomic E-state index is -3.83. The van der Waals surface area contributed by atoms with E-state index in [0.717, 1.165) is 23.8 Å². The number of nitrogens with one attached hydrogen (secondary N) is 2. The fraction of sp³-hybridized carbons (Fsp3) is 0.278. The molecule has 2 rings (SSSR count). The minimum Gasteiger partial charge on any atom is -0.352 e. The molecule has 0 unspecified atom stereocenters. The smallest absolute Gasteiger partial charge is 0.254 e. The van der Waals surface area contributed by atoms with E-state index in [1.54, 1.807) is 26.0 Å². The van der Waals surface area contributed by atoms with Crippen LogP contribution in [0, 0.1) is 11.6 Å². The standard InChI is InChI=1S/C18H20F2N2O3S/c1-12(2)22-26(24,25)15-7-8-17(20)16(11-15)18(23)21-10-9-13-3-5-14(19)6-4-13/h3-8,11-12,22H,9-10H2,1-2H3,(H,21,23). The third-order valence-electron chi connectivity index (χ3n) is 3.50. The summed E-state index contributed by atoms with van der Waals surface area (Å²) in [7, 11) is -3.83. The number of benzene rings is 2. The number of hydrogen-bond donors (Lipinski definition) is 2. The van der Waals surface area contributed by atoms with E-state index >= 15 is 0 Å². The summed E-state index contributed by atoms with van der Waals surface area (Å²) < 4.78 is 53.5. The first-order chi connectivity index (χ1) is 12.2. The second kappa shape index (κ2) is 8.37. The SMILES string of the molecule is CC(C)NS(=O)(=O)c1ccc(F)c(C(=O)NCCc2ccc(F)cc2)c1. The van der Waals surface area contributed by atoms with Gasteiger partial charge in [-0.2, -0.15) is 0 Å². The maximum absolute atomic E-state index is 13.9. The van der Waals surface area contributed by atoms with Gasteiger partial charge < -0.3 is 5.32 Å². The van der Waals surface area contributed by atoms with Crippen LogP contribution in [0.3, 0.4) is 0 Å². The van der Waals surface area contributed by atoms with Crippen LogP contribution in [0.1, 0.15) is 29.8 Å². The third kappa shape index (κ3) is 5.34. The van der Waals surface area contributed by atoms with Crippen molar-refractivity contribution in [3.63, 3.8) is 0 Å². The van der Waals surface area contributed by atoms with Crippen LogP contribution in [0.2, 0.25) is 0 Å². The summed E-state index contributed by atoms with van der Waals surface area (Å²) in [5, 5.41) is 2.53. The lowest BCUT2D eigenvalue weighted by atomic mass is 10.1. The molecule has 8 heteroatoms. The van der Waals surface area contributed by atoms with Crippen LogP contribution in [-0.2, 0) is 16.4 Å². The van der Waals surface area contributed by atoms with Gasteiger partial charge in [-0.05, 0) is 56.2 Å². The topological polar surface area (TPSA) is 75.3 Å². The number of rotatable bonds is 7. The number of carbonyl (C=O) groups is 1. The van der Waals surface area contributed by atoms with Crippen molar-refractivity contribution < 1.29 is 22.0 Å². The van der Waals surface area contributed by atoms with Crippen LogP contribution < -0.4 is 10.0 Å². The van der Waals surface area contributed by atoms with Crippen molar-refractivity contribution in [1.82, 2.24) is 10.0 Å². The fourth-order valence-corrected chi connectivity index (χ4v) is 3.57. The Morgan fingerprint density at radius 1 is 1.08 bits per heavy atom. The van der Waals surface area contributed by atoms with E-state index in [1.807, 2.05) is 0 Å². The number of carbonyl (C=O) groups excluding carboxylic acids is 1. The predicted octanol–water partition coefficient (Wildman–Crippen LogP) is 2.62. The predicted molar refractivity (Wildman–Crippen MR) is 94.3 cm³/mol. The molecular formula is C18H20F2N2O3S. The molecule has 1 amide bonds. The zero-order valence-corrected chi connectivity index (χ0v) is 15.2. The molecule has 0 radical (unpaired) electrons. The van der Waals surface area contributed by atoms with Gasteiger partial charge in [-0.15, -0.1) is 0 Å². The second-order valence-electron chi connectivity index (χ2n) is 6.05. The Hall–Kier alpha value is -2.32. The fourth-order valence-electron chi connectivity index (χ4n) is 2.29. The van der Waals surface area contributed by atoms with Crippen molar-refractivity contribution in [2.45, 2.75) is 31.2 Å². The lowest BCUT2D eigenvalue weighted by Crippen LogP contribution is -2.31. The van der Waals surface area contributed by atoms with Crippen LogP contribution in [0.25, 0.3) is 0 Å². The van der Waals surface area contributed by atoms with E-state index in [4.69, 9.17) is 0 Å². The van der Waals surface area contributed by atoms with Gasteiger partial charge >= 0.3 is 0 Å². The summed E-state index contributed by atoms with van der Waals surface area (Å²) in [5.74, 6) is -1.88. The first-order valence-corrected chi connectivity index (χ1v) is 9.52. The molecule has 0 aliphatic heterocycles. The van der Waals surface area contributed by atoms with Gasteiger partial charge in [0.2, 0.25) is 10.0 Å². The molecule has 2 aromatic carbocycles. The highest BCUT2D eigenvalue weighted by Gasteiger charge is 2.20. The molecule has 0 aliphatic carbocycles. The van der Waals surface area contributed by atoms with E-state index in [9.17, 15) is 22.0 Å². The van der Waals surface area contributed by atoms with E-state index < -0.39 is 21.7 Å². The Balaban J connectivity index is 2.08. The lowest BCUT2D eigenvalue weighted by Gasteiger charge is -2.11. The summed E-state index contributed by atoms with van der Waals surface area (Å²) in [6.07, 6.45) is 0.431. The van der Waals surface area contributed by atoms with E-state index in [1.165, 1.54) is 12.1 Å². The van der Waals surface area contributed by atoms with Crippen molar-refractivity contribution in [2.24, 2.45) is 0 Å². The van der Waals surface area contributed by atoms with Crippen molar-refractivity contribution in [2.75, 3.05) is 6.54 Å². The second-order valence-corrected chi connectivity index (χ2v) is 7.76. The molecule has 0 fully saturated rings. The summed E-state index contributed by atoms with van der Waals surface area (Å²) in [6, 6.07) is 8.53. The van der Waals surface area contributed by atoms with Crippen LogP contribution >= 0.6 is 0 Å². The molecule has 26 heavy (non-hydrogen) atoms. The molecule has 0 aromatic heterocycles. The molecule has 0 saturated heterocycles. The maximum atomic E-state index is 13.9. The Morgan fingerprint density at radius 3 is 2.35 bits per heavy atom. The zero-order valence-electron chi connectivity index (χ0n) is 14.4. The van der Waals surface area contributed by atoms with Crippen molar-refractivity contribution in [1.29, 1.82) is 0 Å². The van der Waals surface area contributed by atoms with Crippen molar-refractivity contribution in [3.05, 3.63) is 65.2 Å². The number of hydrogen-bond acceptors (Lipinski definition) is 3. The van der Waals surface area contributed by atoms with Gasteiger partial charge in [-0.3, -0.25) is 4.79 Å². The zero-order chi connectivity index (χ0) is 19.3. The summed E-state index contributed by atoms with van der Waals surface area (Å²) in [5.41, 5.74) is 0.459. The Kier molecular flexibility index (Phi) is 6.44. The Morgan fingerprint density at radius 2 is 1.73 bits per heavy atom. The van der Waals surface area contributed by atoms with Gasteiger partial charge in [-0.25, -0.2) is 21.9 Å². The molecule has 0 atom stereocenters. The summed E-state index contributed by atoms with van der Waals surface area (Å²) in [4.78, 5) is 12.0. The highest BCUT2D eigenvalue weighted by Crippen LogP contribution is 2.15. The number of halogens is 2. The average molecular weight is 382 g/mol. The van der Waals surface area contributed by atoms with Crippen molar-refractivity contribution in [3.8, 4) is 0 Å². The number of sulfonamides is 1. The Bertz CT molecular complexity index is 882. The molecule has 0 saturated carbocycles. The van der Waals surface area contributed by atoms with Gasteiger partial charge in [-0.1, -0.05) is 12.1 Å². The largest absolute Gasteiger partial charge is 0.352 e. The van der Waals surface area contributed by atoms with Gasteiger partial charge in [0.1, 0.15) is 11.6 Å². The Labute approximate surface area is 151 Å². The normalized spacial score (nSPS) is 11.6. The van der Waals surface area contributed by atoms with E-state index in [-0.39, 0.29) is 28.9 Å². The number of amides is 1. The van der Waals surface area contributed by atoms with Gasteiger partial charge in [0.05, 0.1) is 10.5 Å². The molecular weight excluding hydrogens is 362 g/mol. The summed E-state index contributed by atoms with van der Waals surface area (Å²) in [6.45, 7) is 3.51. The lowest BCUT2D eigenvalue weighted by molar-refractivity contribution is 0.0950. The molecule has 0 heterocycles. The summed E-state index contributed by atoms with van der Waals surface area (Å²) >= 11 is 0. The molecule has 0 bridgehead atoms. The monoisotopic (exact) mass is 382 g/mol. The van der Waals surface area contributed by atoms with Gasteiger partial charge in [0.15, 0.2) is 0 Å². The minimum absolute atomic E-state index is 0.184. The quantitative estimate of drug-likeness (QED) is 0.773. The van der Waals surface area contributed by atoms with Gasteiger partial charge in [0.25, 0.3) is 5.91 Å². The first kappa shape index (κ1) is 20.0. The highest BCUT2D eigenvalue weighted by atomic mass is 32.2. The molecule has 0 spiro atoms. The molecule has 2 aromatic rings. The van der Waals surface area contributed by atoms with Crippen LogP contribution in [0.4, 0.5) is 8.78 Å². The molecule has 140 valence electrons. The third-order valence-corrected chi connectivity index (χ3v) is 5.15. The van der Waals surface area contributed by atoms with Crippen molar-refractivity contribution >= 4 is 15.9 Å². The van der Waals surface area contributed by atoms with E-state index in [0.29, 0.717) is 6.42 Å². The van der Waals surface area contributed by atoms with Gasteiger partial charge in [0, 0.05) is 12.6 Å². The molecule has 0 aliphatic rings. The van der Waals surface area contributed by atoms with Crippen LogP contribution in [0.15, 0.2) is 47.4 Å². The first-order valence-electron chi connectivity index (χ1n) is 8.03. The van der Waals surface area contributed by atoms with E-state index in [2.05, 4.69) is 10.0 Å². The average Bonchev–Trinajstić information content (AvgIpc) is 2.55. The highest BCUT2D eigenvalue weighted by molar-refractivity contribution is 7.89. The van der Waals surface area contributed by atoms with Crippen LogP contribution in [0.5, 0.6) is 0 Å². The molecule has 2 N–H and O–H groups in total. The maximum Gasteiger partial charge on any atom is 0.254 e. The molecule has 5 nitrogen and oxygen atoms in total. The van der Waals surface area contributed by atoms with Crippen LogP contribution in [-0.4, -0.2) is 26.9 Å².